The van der Waals surface area contributed by atoms with Gasteiger partial charge in [-0.25, -0.2) is 0 Å². The highest BCUT2D eigenvalue weighted by molar-refractivity contribution is 6.12. The first kappa shape index (κ1) is 18.8. The summed E-state index contributed by atoms with van der Waals surface area (Å²) < 4.78 is 16.1. The standard InChI is InChI=1S/C21H26O4/c1-11-12(2)14(4)19(15(5)13(11)3)20(22)16-9-17(23-6)21(25-8)18(10-16)24-7/h9-10H,1-8H3. The second-order valence-corrected chi connectivity index (χ2v) is 6.24. The summed E-state index contributed by atoms with van der Waals surface area (Å²) in [4.78, 5) is 13.3. The molecule has 0 aliphatic carbocycles. The minimum atomic E-state index is -0.0412. The molecule has 0 aromatic heterocycles. The zero-order valence-corrected chi connectivity index (χ0v) is 16.3. The van der Waals surface area contributed by atoms with Crippen molar-refractivity contribution in [2.75, 3.05) is 21.3 Å². The topological polar surface area (TPSA) is 44.8 Å². The van der Waals surface area contributed by atoms with Gasteiger partial charge in [0.2, 0.25) is 5.75 Å². The zero-order chi connectivity index (χ0) is 18.9. The van der Waals surface area contributed by atoms with Crippen molar-refractivity contribution in [2.24, 2.45) is 0 Å². The maximum absolute atomic E-state index is 13.3. The number of ketones is 1. The quantitative estimate of drug-likeness (QED) is 0.751. The molecular weight excluding hydrogens is 316 g/mol. The molecule has 0 radical (unpaired) electrons. The second-order valence-electron chi connectivity index (χ2n) is 6.24. The zero-order valence-electron chi connectivity index (χ0n) is 16.3. The molecule has 2 aromatic carbocycles. The van der Waals surface area contributed by atoms with Gasteiger partial charge in [-0.2, -0.15) is 0 Å². The van der Waals surface area contributed by atoms with Crippen molar-refractivity contribution >= 4 is 5.78 Å². The summed E-state index contributed by atoms with van der Waals surface area (Å²) in [6.45, 7) is 10.2. The molecule has 0 aliphatic heterocycles. The van der Waals surface area contributed by atoms with Crippen LogP contribution in [-0.2, 0) is 0 Å². The Bertz CT molecular complexity index is 780. The predicted molar refractivity (Wildman–Crippen MR) is 99.7 cm³/mol. The number of carbonyl (C=O) groups excluding carboxylic acids is 1. The highest BCUT2D eigenvalue weighted by Crippen LogP contribution is 2.39. The molecule has 4 heteroatoms. The van der Waals surface area contributed by atoms with E-state index in [9.17, 15) is 4.79 Å². The third kappa shape index (κ3) is 3.09. The lowest BCUT2D eigenvalue weighted by Crippen LogP contribution is -2.11. The molecule has 0 fully saturated rings. The first-order valence-electron chi connectivity index (χ1n) is 8.20. The Balaban J connectivity index is 2.71. The average molecular weight is 342 g/mol. The van der Waals surface area contributed by atoms with Crippen LogP contribution in [0.4, 0.5) is 0 Å². The fraction of sp³-hybridized carbons (Fsp3) is 0.381. The first-order valence-corrected chi connectivity index (χ1v) is 8.20. The maximum atomic E-state index is 13.3. The van der Waals surface area contributed by atoms with E-state index in [0.29, 0.717) is 22.8 Å². The molecule has 134 valence electrons. The number of carbonyl (C=O) groups is 1. The molecule has 4 nitrogen and oxygen atoms in total. The SMILES string of the molecule is COc1cc(C(=O)c2c(C)c(C)c(C)c(C)c2C)cc(OC)c1OC. The van der Waals surface area contributed by atoms with Gasteiger partial charge in [-0.15, -0.1) is 0 Å². The minimum absolute atomic E-state index is 0.0412. The summed E-state index contributed by atoms with van der Waals surface area (Å²) in [5.74, 6) is 1.38. The molecule has 0 aliphatic rings. The predicted octanol–water partition coefficient (Wildman–Crippen LogP) is 4.49. The lowest BCUT2D eigenvalue weighted by atomic mass is 9.86. The summed E-state index contributed by atoms with van der Waals surface area (Å²) in [5.41, 5.74) is 6.83. The van der Waals surface area contributed by atoms with Crippen molar-refractivity contribution < 1.29 is 19.0 Å². The van der Waals surface area contributed by atoms with E-state index in [4.69, 9.17) is 14.2 Å². The van der Waals surface area contributed by atoms with E-state index in [1.807, 2.05) is 13.8 Å². The molecule has 2 rings (SSSR count). The number of hydrogen-bond acceptors (Lipinski definition) is 4. The molecule has 2 aromatic rings. The van der Waals surface area contributed by atoms with E-state index < -0.39 is 0 Å². The largest absolute Gasteiger partial charge is 0.493 e. The van der Waals surface area contributed by atoms with E-state index in [-0.39, 0.29) is 5.78 Å². The second kappa shape index (κ2) is 7.18. The van der Waals surface area contributed by atoms with Crippen molar-refractivity contribution in [3.8, 4) is 17.2 Å². The van der Waals surface area contributed by atoms with E-state index in [2.05, 4.69) is 20.8 Å². The number of benzene rings is 2. The van der Waals surface area contributed by atoms with Crippen LogP contribution in [0.15, 0.2) is 12.1 Å². The lowest BCUT2D eigenvalue weighted by molar-refractivity contribution is 0.103. The van der Waals surface area contributed by atoms with E-state index in [1.165, 1.54) is 5.56 Å². The number of ether oxygens (including phenoxy) is 3. The Morgan fingerprint density at radius 3 is 1.44 bits per heavy atom. The number of methoxy groups -OCH3 is 3. The van der Waals surface area contributed by atoms with Gasteiger partial charge in [-0.05, 0) is 74.6 Å². The van der Waals surface area contributed by atoms with Gasteiger partial charge in [0.05, 0.1) is 21.3 Å². The number of rotatable bonds is 5. The van der Waals surface area contributed by atoms with Gasteiger partial charge in [0.25, 0.3) is 0 Å². The summed E-state index contributed by atoms with van der Waals surface area (Å²) >= 11 is 0. The minimum Gasteiger partial charge on any atom is -0.493 e. The lowest BCUT2D eigenvalue weighted by Gasteiger charge is -2.19. The van der Waals surface area contributed by atoms with Crippen molar-refractivity contribution in [3.63, 3.8) is 0 Å². The van der Waals surface area contributed by atoms with E-state index in [1.54, 1.807) is 33.5 Å². The van der Waals surface area contributed by atoms with Gasteiger partial charge in [-0.1, -0.05) is 0 Å². The Hall–Kier alpha value is -2.49. The monoisotopic (exact) mass is 342 g/mol. The molecule has 0 N–H and O–H groups in total. The van der Waals surface area contributed by atoms with Gasteiger partial charge in [0, 0.05) is 11.1 Å². The summed E-state index contributed by atoms with van der Waals surface area (Å²) in [5, 5.41) is 0. The molecule has 0 saturated carbocycles. The molecule has 0 bridgehead atoms. The Morgan fingerprint density at radius 1 is 0.680 bits per heavy atom. The van der Waals surface area contributed by atoms with E-state index in [0.717, 1.165) is 27.8 Å². The third-order valence-corrected chi connectivity index (χ3v) is 5.15. The van der Waals surface area contributed by atoms with Crippen LogP contribution in [-0.4, -0.2) is 27.1 Å². The van der Waals surface area contributed by atoms with Gasteiger partial charge in [0.15, 0.2) is 17.3 Å². The molecule has 0 heterocycles. The summed E-state index contributed by atoms with van der Waals surface area (Å²) in [6, 6.07) is 3.40. The van der Waals surface area contributed by atoms with E-state index >= 15 is 0 Å². The van der Waals surface area contributed by atoms with Crippen LogP contribution < -0.4 is 14.2 Å². The molecule has 0 spiro atoms. The maximum Gasteiger partial charge on any atom is 0.203 e. The van der Waals surface area contributed by atoms with Crippen molar-refractivity contribution in [3.05, 3.63) is 51.1 Å². The van der Waals surface area contributed by atoms with Crippen LogP contribution >= 0.6 is 0 Å². The van der Waals surface area contributed by atoms with Crippen molar-refractivity contribution in [1.29, 1.82) is 0 Å². The number of hydrogen-bond donors (Lipinski definition) is 0. The Labute approximate surface area is 149 Å². The van der Waals surface area contributed by atoms with Crippen LogP contribution in [0.1, 0.15) is 43.7 Å². The average Bonchev–Trinajstić information content (AvgIpc) is 2.63. The molecule has 0 unspecified atom stereocenters. The fourth-order valence-electron chi connectivity index (χ4n) is 3.20. The van der Waals surface area contributed by atoms with Crippen LogP contribution in [0.25, 0.3) is 0 Å². The third-order valence-electron chi connectivity index (χ3n) is 5.15. The highest BCUT2D eigenvalue weighted by atomic mass is 16.5. The summed E-state index contributed by atoms with van der Waals surface area (Å²) in [7, 11) is 4.63. The molecule has 25 heavy (non-hydrogen) atoms. The first-order chi connectivity index (χ1) is 11.8. The van der Waals surface area contributed by atoms with Gasteiger partial charge < -0.3 is 14.2 Å². The molecule has 0 saturated heterocycles. The van der Waals surface area contributed by atoms with Crippen molar-refractivity contribution in [1.82, 2.24) is 0 Å². The Kier molecular flexibility index (Phi) is 5.41. The normalized spacial score (nSPS) is 10.6. The van der Waals surface area contributed by atoms with Gasteiger partial charge >= 0.3 is 0 Å². The molecule has 0 amide bonds. The summed E-state index contributed by atoms with van der Waals surface area (Å²) in [6.07, 6.45) is 0. The van der Waals surface area contributed by atoms with Crippen LogP contribution in [0.5, 0.6) is 17.2 Å². The van der Waals surface area contributed by atoms with Crippen LogP contribution in [0.3, 0.4) is 0 Å². The molecule has 0 atom stereocenters. The fourth-order valence-corrected chi connectivity index (χ4v) is 3.20. The molecular formula is C21H26O4. The van der Waals surface area contributed by atoms with Crippen LogP contribution in [0.2, 0.25) is 0 Å². The van der Waals surface area contributed by atoms with Crippen molar-refractivity contribution in [2.45, 2.75) is 34.6 Å². The Morgan fingerprint density at radius 2 is 1.08 bits per heavy atom. The van der Waals surface area contributed by atoms with Gasteiger partial charge in [0.1, 0.15) is 0 Å². The smallest absolute Gasteiger partial charge is 0.203 e. The highest BCUT2D eigenvalue weighted by Gasteiger charge is 2.22. The van der Waals surface area contributed by atoms with Gasteiger partial charge in [-0.3, -0.25) is 4.79 Å². The van der Waals surface area contributed by atoms with Crippen LogP contribution in [0, 0.1) is 34.6 Å².